The molecule has 1 saturated carbocycles. The highest BCUT2D eigenvalue weighted by molar-refractivity contribution is 9.10. The molecule has 1 heterocycles. The first kappa shape index (κ1) is 17.0. The van der Waals surface area contributed by atoms with Crippen LogP contribution in [0, 0.1) is 12.7 Å². The summed E-state index contributed by atoms with van der Waals surface area (Å²) in [5.41, 5.74) is 1.92. The Bertz CT molecular complexity index is 995. The molecule has 26 heavy (non-hydrogen) atoms. The number of halogens is 2. The molecule has 1 aromatic heterocycles. The fourth-order valence-corrected chi connectivity index (χ4v) is 3.50. The first-order chi connectivity index (χ1) is 12.5. The maximum Gasteiger partial charge on any atom is 0.236 e. The van der Waals surface area contributed by atoms with E-state index < -0.39 is 5.41 Å². The minimum atomic E-state index is -0.702. The number of aromatic nitrogens is 1. The van der Waals surface area contributed by atoms with Gasteiger partial charge in [-0.2, -0.15) is 0 Å². The maximum absolute atomic E-state index is 13.9. The van der Waals surface area contributed by atoms with Crippen molar-refractivity contribution in [1.29, 1.82) is 0 Å². The molecule has 2 aromatic carbocycles. The topological polar surface area (TPSA) is 55.1 Å². The zero-order valence-electron chi connectivity index (χ0n) is 14.1. The van der Waals surface area contributed by atoms with Gasteiger partial charge in [-0.15, -0.1) is 0 Å². The first-order valence-electron chi connectivity index (χ1n) is 8.29. The molecule has 3 aromatic rings. The summed E-state index contributed by atoms with van der Waals surface area (Å²) >= 11 is 3.42. The molecule has 1 aliphatic rings. The lowest BCUT2D eigenvalue weighted by molar-refractivity contribution is -0.118. The van der Waals surface area contributed by atoms with Crippen LogP contribution in [0.3, 0.4) is 0 Å². The Balaban J connectivity index is 1.59. The van der Waals surface area contributed by atoms with Gasteiger partial charge in [0.2, 0.25) is 5.91 Å². The van der Waals surface area contributed by atoms with Crippen LogP contribution in [0.4, 0.5) is 10.1 Å². The van der Waals surface area contributed by atoms with Gasteiger partial charge in [-0.1, -0.05) is 33.2 Å². The van der Waals surface area contributed by atoms with Crippen LogP contribution in [-0.4, -0.2) is 11.1 Å². The lowest BCUT2D eigenvalue weighted by Gasteiger charge is -2.14. The average Bonchev–Trinajstić information content (AvgIpc) is 3.29. The van der Waals surface area contributed by atoms with E-state index in [2.05, 4.69) is 26.4 Å². The summed E-state index contributed by atoms with van der Waals surface area (Å²) < 4.78 is 20.2. The van der Waals surface area contributed by atoms with Gasteiger partial charge in [0, 0.05) is 16.2 Å². The Kier molecular flexibility index (Phi) is 4.15. The molecule has 0 saturated heterocycles. The van der Waals surface area contributed by atoms with Crippen molar-refractivity contribution in [3.05, 3.63) is 70.1 Å². The number of hydrogen-bond donors (Lipinski definition) is 1. The van der Waals surface area contributed by atoms with E-state index in [9.17, 15) is 9.18 Å². The van der Waals surface area contributed by atoms with Crippen molar-refractivity contribution in [3.8, 4) is 11.3 Å². The molecule has 4 nitrogen and oxygen atoms in total. The van der Waals surface area contributed by atoms with Crippen LogP contribution in [-0.2, 0) is 10.2 Å². The number of carbonyl (C=O) groups is 1. The number of rotatable bonds is 4. The molecule has 0 unspecified atom stereocenters. The highest BCUT2D eigenvalue weighted by atomic mass is 79.9. The third kappa shape index (κ3) is 2.94. The standard InChI is InChI=1S/C20H16BrFN2O2/c1-12-10-13(21)6-7-16(12)23-19(25)20(8-9-20)18-11-17(26-24-18)14-4-2-3-5-15(14)22/h2-7,10-11H,8-9H2,1H3,(H,23,25). The summed E-state index contributed by atoms with van der Waals surface area (Å²) in [5.74, 6) is -0.164. The number of benzene rings is 2. The molecule has 0 atom stereocenters. The second-order valence-electron chi connectivity index (χ2n) is 6.55. The SMILES string of the molecule is Cc1cc(Br)ccc1NC(=O)C1(c2cc(-c3ccccc3F)on2)CC1. The Morgan fingerprint density at radius 1 is 1.23 bits per heavy atom. The Morgan fingerprint density at radius 3 is 2.69 bits per heavy atom. The molecule has 1 aliphatic carbocycles. The van der Waals surface area contributed by atoms with Crippen LogP contribution in [0.2, 0.25) is 0 Å². The fourth-order valence-electron chi connectivity index (χ4n) is 3.02. The van der Waals surface area contributed by atoms with Crippen molar-refractivity contribution in [2.45, 2.75) is 25.2 Å². The zero-order valence-corrected chi connectivity index (χ0v) is 15.6. The van der Waals surface area contributed by atoms with Crippen LogP contribution in [0.5, 0.6) is 0 Å². The quantitative estimate of drug-likeness (QED) is 0.636. The summed E-state index contributed by atoms with van der Waals surface area (Å²) in [6.45, 7) is 1.94. The predicted octanol–water partition coefficient (Wildman–Crippen LogP) is 5.22. The minimum absolute atomic E-state index is 0.115. The predicted molar refractivity (Wildman–Crippen MR) is 100 cm³/mol. The monoisotopic (exact) mass is 414 g/mol. The molecule has 6 heteroatoms. The van der Waals surface area contributed by atoms with Gasteiger partial charge in [0.1, 0.15) is 5.82 Å². The molecular weight excluding hydrogens is 399 g/mol. The van der Waals surface area contributed by atoms with E-state index in [0.717, 1.165) is 15.7 Å². The number of amides is 1. The molecule has 132 valence electrons. The van der Waals surface area contributed by atoms with E-state index in [-0.39, 0.29) is 11.7 Å². The summed E-state index contributed by atoms with van der Waals surface area (Å²) in [6, 6.07) is 13.7. The Labute approximate surface area is 158 Å². The van der Waals surface area contributed by atoms with Crippen LogP contribution in [0.1, 0.15) is 24.1 Å². The van der Waals surface area contributed by atoms with E-state index >= 15 is 0 Å². The second-order valence-corrected chi connectivity index (χ2v) is 7.47. The number of carbonyl (C=O) groups excluding carboxylic acids is 1. The third-order valence-corrected chi connectivity index (χ3v) is 5.25. The van der Waals surface area contributed by atoms with Gasteiger partial charge in [-0.05, 0) is 55.7 Å². The van der Waals surface area contributed by atoms with Crippen LogP contribution in [0.25, 0.3) is 11.3 Å². The number of hydrogen-bond acceptors (Lipinski definition) is 3. The van der Waals surface area contributed by atoms with Crippen molar-refractivity contribution in [2.24, 2.45) is 0 Å². The molecule has 0 aliphatic heterocycles. The first-order valence-corrected chi connectivity index (χ1v) is 9.09. The van der Waals surface area contributed by atoms with E-state index in [1.165, 1.54) is 6.07 Å². The lowest BCUT2D eigenvalue weighted by atomic mass is 10.00. The Hall–Kier alpha value is -2.47. The molecule has 1 fully saturated rings. The molecule has 0 bridgehead atoms. The van der Waals surface area contributed by atoms with Crippen LogP contribution >= 0.6 is 15.9 Å². The van der Waals surface area contributed by atoms with Crippen molar-refractivity contribution in [3.63, 3.8) is 0 Å². The fraction of sp³-hybridized carbons (Fsp3) is 0.200. The van der Waals surface area contributed by atoms with Gasteiger partial charge < -0.3 is 9.84 Å². The normalized spacial score (nSPS) is 14.9. The number of aryl methyl sites for hydroxylation is 1. The summed E-state index contributed by atoms with van der Waals surface area (Å²) in [5, 5.41) is 7.04. The van der Waals surface area contributed by atoms with Gasteiger partial charge in [-0.3, -0.25) is 4.79 Å². The number of anilines is 1. The van der Waals surface area contributed by atoms with Gasteiger partial charge in [0.15, 0.2) is 5.76 Å². The second kappa shape index (κ2) is 6.36. The number of nitrogens with zero attached hydrogens (tertiary/aromatic N) is 1. The highest BCUT2D eigenvalue weighted by Gasteiger charge is 2.54. The summed E-state index contributed by atoms with van der Waals surface area (Å²) in [7, 11) is 0. The average molecular weight is 415 g/mol. The van der Waals surface area contributed by atoms with E-state index in [4.69, 9.17) is 4.52 Å². The van der Waals surface area contributed by atoms with Gasteiger partial charge in [0.05, 0.1) is 16.7 Å². The Morgan fingerprint density at radius 2 is 2.00 bits per heavy atom. The van der Waals surface area contributed by atoms with Gasteiger partial charge in [-0.25, -0.2) is 4.39 Å². The summed E-state index contributed by atoms with van der Waals surface area (Å²) in [6.07, 6.45) is 1.38. The van der Waals surface area contributed by atoms with Gasteiger partial charge >= 0.3 is 0 Å². The molecule has 4 rings (SSSR count). The number of nitrogens with one attached hydrogen (secondary N) is 1. The zero-order chi connectivity index (χ0) is 18.3. The van der Waals surface area contributed by atoms with Crippen molar-refractivity contribution in [1.82, 2.24) is 5.16 Å². The largest absolute Gasteiger partial charge is 0.356 e. The minimum Gasteiger partial charge on any atom is -0.356 e. The van der Waals surface area contributed by atoms with E-state index in [1.807, 2.05) is 25.1 Å². The third-order valence-electron chi connectivity index (χ3n) is 4.76. The lowest BCUT2D eigenvalue weighted by Crippen LogP contribution is -2.28. The van der Waals surface area contributed by atoms with Gasteiger partial charge in [0.25, 0.3) is 0 Å². The van der Waals surface area contributed by atoms with E-state index in [0.29, 0.717) is 29.9 Å². The van der Waals surface area contributed by atoms with Crippen molar-refractivity contribution >= 4 is 27.5 Å². The van der Waals surface area contributed by atoms with Crippen LogP contribution < -0.4 is 5.32 Å². The molecule has 1 N–H and O–H groups in total. The maximum atomic E-state index is 13.9. The molecule has 1 amide bonds. The molecule has 0 spiro atoms. The highest BCUT2D eigenvalue weighted by Crippen LogP contribution is 2.49. The molecular formula is C20H16BrFN2O2. The van der Waals surface area contributed by atoms with Crippen molar-refractivity contribution in [2.75, 3.05) is 5.32 Å². The van der Waals surface area contributed by atoms with Crippen molar-refractivity contribution < 1.29 is 13.7 Å². The smallest absolute Gasteiger partial charge is 0.236 e. The van der Waals surface area contributed by atoms with Crippen LogP contribution in [0.15, 0.2) is 57.5 Å². The molecule has 0 radical (unpaired) electrons. The summed E-state index contributed by atoms with van der Waals surface area (Å²) in [4.78, 5) is 12.9. The van der Waals surface area contributed by atoms with E-state index in [1.54, 1.807) is 24.3 Å².